The van der Waals surface area contributed by atoms with Crippen LogP contribution in [0.4, 0.5) is 0 Å². The van der Waals surface area contributed by atoms with Crippen LogP contribution in [0.5, 0.6) is 11.5 Å². The fourth-order valence-corrected chi connectivity index (χ4v) is 2.75. The van der Waals surface area contributed by atoms with Gasteiger partial charge >= 0.3 is 0 Å². The monoisotopic (exact) mass is 311 g/mol. The Kier molecular flexibility index (Phi) is 4.21. The highest BCUT2D eigenvalue weighted by Crippen LogP contribution is 2.33. The van der Waals surface area contributed by atoms with Gasteiger partial charge in [-0.05, 0) is 12.5 Å². The summed E-state index contributed by atoms with van der Waals surface area (Å²) in [6.07, 6.45) is 0. The van der Waals surface area contributed by atoms with Crippen molar-refractivity contribution in [2.75, 3.05) is 14.2 Å². The number of fused-ring (bicyclic) bond motifs is 1. The number of benzene rings is 2. The van der Waals surface area contributed by atoms with Gasteiger partial charge in [0, 0.05) is 18.7 Å². The molecule has 3 rings (SSSR count). The summed E-state index contributed by atoms with van der Waals surface area (Å²) >= 11 is 0. The van der Waals surface area contributed by atoms with E-state index in [9.17, 15) is 0 Å². The van der Waals surface area contributed by atoms with Crippen LogP contribution in [0.3, 0.4) is 0 Å². The molecule has 23 heavy (non-hydrogen) atoms. The Morgan fingerprint density at radius 3 is 2.35 bits per heavy atom. The molecule has 0 aliphatic rings. The number of nitrogens with zero attached hydrogens (tertiary/aromatic N) is 2. The van der Waals surface area contributed by atoms with Crippen LogP contribution in [0.15, 0.2) is 42.5 Å². The minimum atomic E-state index is -0.164. The molecule has 5 nitrogen and oxygen atoms in total. The van der Waals surface area contributed by atoms with Crippen molar-refractivity contribution in [2.24, 2.45) is 5.73 Å². The summed E-state index contributed by atoms with van der Waals surface area (Å²) in [5, 5.41) is 0. The third-order valence-electron chi connectivity index (χ3n) is 3.87. The predicted octanol–water partition coefficient (Wildman–Crippen LogP) is 3.12. The van der Waals surface area contributed by atoms with Gasteiger partial charge < -0.3 is 19.8 Å². The maximum absolute atomic E-state index is 6.13. The number of methoxy groups -OCH3 is 2. The number of imidazole rings is 1. The van der Waals surface area contributed by atoms with Gasteiger partial charge in [0.15, 0.2) is 11.5 Å². The van der Waals surface area contributed by atoms with Crippen molar-refractivity contribution in [3.63, 3.8) is 0 Å². The Bertz CT molecular complexity index is 810. The van der Waals surface area contributed by atoms with Crippen LogP contribution < -0.4 is 15.2 Å². The smallest absolute Gasteiger partial charge is 0.163 e. The summed E-state index contributed by atoms with van der Waals surface area (Å²) in [6.45, 7) is 2.65. The van der Waals surface area contributed by atoms with Crippen LogP contribution in [0.25, 0.3) is 11.0 Å². The third kappa shape index (κ3) is 2.87. The summed E-state index contributed by atoms with van der Waals surface area (Å²) in [7, 11) is 3.26. The van der Waals surface area contributed by atoms with Gasteiger partial charge in [0.25, 0.3) is 0 Å². The molecule has 0 spiro atoms. The van der Waals surface area contributed by atoms with Crippen molar-refractivity contribution in [2.45, 2.75) is 19.5 Å². The van der Waals surface area contributed by atoms with Gasteiger partial charge in [-0.3, -0.25) is 0 Å². The number of aromatic nitrogens is 2. The van der Waals surface area contributed by atoms with E-state index in [0.717, 1.165) is 16.9 Å². The standard InChI is InChI=1S/C18H21N3O2/c1-12(19)18-20-14-9-16(22-2)17(23-3)10-15(14)21(18)11-13-7-5-4-6-8-13/h4-10,12H,11,19H2,1-3H3. The van der Waals surface area contributed by atoms with Gasteiger partial charge in [-0.15, -0.1) is 0 Å². The minimum Gasteiger partial charge on any atom is -0.493 e. The molecule has 0 saturated heterocycles. The lowest BCUT2D eigenvalue weighted by Gasteiger charge is -2.12. The first-order chi connectivity index (χ1) is 11.1. The second-order valence-corrected chi connectivity index (χ2v) is 5.53. The molecule has 5 heteroatoms. The second-order valence-electron chi connectivity index (χ2n) is 5.53. The summed E-state index contributed by atoms with van der Waals surface area (Å²) in [4.78, 5) is 4.69. The quantitative estimate of drug-likeness (QED) is 0.786. The Hall–Kier alpha value is -2.53. The van der Waals surface area contributed by atoms with Crippen molar-refractivity contribution < 1.29 is 9.47 Å². The average molecular weight is 311 g/mol. The zero-order chi connectivity index (χ0) is 16.4. The molecule has 1 atom stereocenters. The fourth-order valence-electron chi connectivity index (χ4n) is 2.75. The topological polar surface area (TPSA) is 62.3 Å². The van der Waals surface area contributed by atoms with E-state index in [4.69, 9.17) is 20.2 Å². The molecule has 0 saturated carbocycles. The van der Waals surface area contributed by atoms with Gasteiger partial charge in [0.05, 0.1) is 31.3 Å². The maximum Gasteiger partial charge on any atom is 0.163 e. The van der Waals surface area contributed by atoms with Gasteiger partial charge in [-0.25, -0.2) is 4.98 Å². The van der Waals surface area contributed by atoms with E-state index < -0.39 is 0 Å². The Balaban J connectivity index is 2.18. The van der Waals surface area contributed by atoms with Gasteiger partial charge in [-0.2, -0.15) is 0 Å². The van der Waals surface area contributed by atoms with Crippen LogP contribution in [-0.4, -0.2) is 23.8 Å². The highest BCUT2D eigenvalue weighted by atomic mass is 16.5. The van der Waals surface area contributed by atoms with Crippen LogP contribution in [0.2, 0.25) is 0 Å². The number of hydrogen-bond donors (Lipinski definition) is 1. The molecule has 1 aromatic heterocycles. The SMILES string of the molecule is COc1cc2nc(C(C)N)n(Cc3ccccc3)c2cc1OC. The number of nitrogens with two attached hydrogens (primary N) is 1. The Morgan fingerprint density at radius 2 is 1.74 bits per heavy atom. The van der Waals surface area contributed by atoms with E-state index >= 15 is 0 Å². The number of rotatable bonds is 5. The summed E-state index contributed by atoms with van der Waals surface area (Å²) in [5.74, 6) is 2.20. The molecule has 3 aromatic rings. The van der Waals surface area contributed by atoms with E-state index in [1.54, 1.807) is 14.2 Å². The molecule has 0 radical (unpaired) electrons. The second kappa shape index (κ2) is 6.30. The van der Waals surface area contributed by atoms with Gasteiger partial charge in [0.2, 0.25) is 0 Å². The maximum atomic E-state index is 6.13. The van der Waals surface area contributed by atoms with Crippen LogP contribution in [0, 0.1) is 0 Å². The summed E-state index contributed by atoms with van der Waals surface area (Å²) in [5.41, 5.74) is 9.16. The van der Waals surface area contributed by atoms with E-state index in [2.05, 4.69) is 16.7 Å². The van der Waals surface area contributed by atoms with Crippen LogP contribution in [0.1, 0.15) is 24.4 Å². The van der Waals surface area contributed by atoms with Crippen molar-refractivity contribution >= 4 is 11.0 Å². The van der Waals surface area contributed by atoms with E-state index in [-0.39, 0.29) is 6.04 Å². The summed E-state index contributed by atoms with van der Waals surface area (Å²) < 4.78 is 12.9. The van der Waals surface area contributed by atoms with Crippen LogP contribution >= 0.6 is 0 Å². The average Bonchev–Trinajstić information content (AvgIpc) is 2.92. The molecule has 0 fully saturated rings. The predicted molar refractivity (Wildman–Crippen MR) is 91.0 cm³/mol. The van der Waals surface area contributed by atoms with Gasteiger partial charge in [0.1, 0.15) is 5.82 Å². The first-order valence-electron chi connectivity index (χ1n) is 7.55. The number of hydrogen-bond acceptors (Lipinski definition) is 4. The van der Waals surface area contributed by atoms with Crippen molar-refractivity contribution in [1.29, 1.82) is 0 Å². The molecular weight excluding hydrogens is 290 g/mol. The zero-order valence-electron chi connectivity index (χ0n) is 13.6. The molecule has 1 heterocycles. The van der Waals surface area contributed by atoms with Crippen LogP contribution in [-0.2, 0) is 6.54 Å². The van der Waals surface area contributed by atoms with Crippen molar-refractivity contribution in [3.05, 3.63) is 53.9 Å². The first kappa shape index (κ1) is 15.4. The molecule has 0 amide bonds. The zero-order valence-corrected chi connectivity index (χ0v) is 13.6. The highest BCUT2D eigenvalue weighted by molar-refractivity contribution is 5.81. The van der Waals surface area contributed by atoms with E-state index in [1.807, 2.05) is 37.3 Å². The lowest BCUT2D eigenvalue weighted by Crippen LogP contribution is -2.14. The van der Waals surface area contributed by atoms with Crippen molar-refractivity contribution in [1.82, 2.24) is 9.55 Å². The molecule has 0 aliphatic carbocycles. The Labute approximate surface area is 135 Å². The Morgan fingerprint density at radius 1 is 1.09 bits per heavy atom. The largest absolute Gasteiger partial charge is 0.493 e. The molecule has 2 N–H and O–H groups in total. The molecule has 1 unspecified atom stereocenters. The fraction of sp³-hybridized carbons (Fsp3) is 0.278. The normalized spacial score (nSPS) is 12.3. The lowest BCUT2D eigenvalue weighted by atomic mass is 10.2. The van der Waals surface area contributed by atoms with E-state index in [1.165, 1.54) is 5.56 Å². The highest BCUT2D eigenvalue weighted by Gasteiger charge is 2.17. The first-order valence-corrected chi connectivity index (χ1v) is 7.55. The van der Waals surface area contributed by atoms with Crippen molar-refractivity contribution in [3.8, 4) is 11.5 Å². The molecule has 0 aliphatic heterocycles. The number of ether oxygens (including phenoxy) is 2. The van der Waals surface area contributed by atoms with Gasteiger partial charge in [-0.1, -0.05) is 30.3 Å². The minimum absolute atomic E-state index is 0.164. The molecular formula is C18H21N3O2. The molecule has 2 aromatic carbocycles. The third-order valence-corrected chi connectivity index (χ3v) is 3.87. The lowest BCUT2D eigenvalue weighted by molar-refractivity contribution is 0.355. The van der Waals surface area contributed by atoms with E-state index in [0.29, 0.717) is 18.0 Å². The molecule has 120 valence electrons. The summed E-state index contributed by atoms with van der Waals surface area (Å²) in [6, 6.07) is 13.9. The molecule has 0 bridgehead atoms.